The van der Waals surface area contributed by atoms with Crippen LogP contribution in [0.2, 0.25) is 0 Å². The lowest BCUT2D eigenvalue weighted by Crippen LogP contribution is -2.46. The first kappa shape index (κ1) is 18.9. The third-order valence-electron chi connectivity index (χ3n) is 3.02. The summed E-state index contributed by atoms with van der Waals surface area (Å²) in [6, 6.07) is 0. The molecule has 0 rings (SSSR count). The number of carbonyl (C=O) groups is 2. The Kier molecular flexibility index (Phi) is 7.20. The van der Waals surface area contributed by atoms with Crippen LogP contribution < -0.4 is 10.6 Å². The van der Waals surface area contributed by atoms with Crippen LogP contribution >= 0.6 is 0 Å². The van der Waals surface area contributed by atoms with Crippen molar-refractivity contribution in [3.8, 4) is 0 Å². The fourth-order valence-electron chi connectivity index (χ4n) is 1.47. The van der Waals surface area contributed by atoms with Gasteiger partial charge in [0.05, 0.1) is 12.1 Å². The molecule has 0 aromatic carbocycles. The Morgan fingerprint density at radius 1 is 1.10 bits per heavy atom. The van der Waals surface area contributed by atoms with E-state index in [2.05, 4.69) is 24.5 Å². The summed E-state index contributed by atoms with van der Waals surface area (Å²) >= 11 is 0. The Morgan fingerprint density at radius 2 is 1.65 bits per heavy atom. The molecule has 0 radical (unpaired) electrons. The average Bonchev–Trinajstić information content (AvgIpc) is 2.30. The van der Waals surface area contributed by atoms with Gasteiger partial charge in [-0.2, -0.15) is 0 Å². The average molecular weight is 286 g/mol. The predicted molar refractivity (Wildman–Crippen MR) is 80.2 cm³/mol. The molecule has 0 heterocycles. The summed E-state index contributed by atoms with van der Waals surface area (Å²) in [6.07, 6.45) is 1.54. The van der Waals surface area contributed by atoms with E-state index in [9.17, 15) is 14.7 Å². The van der Waals surface area contributed by atoms with Crippen LogP contribution in [0.4, 0.5) is 0 Å². The molecule has 2 amide bonds. The minimum atomic E-state index is -0.909. The Bertz CT molecular complexity index is 331. The van der Waals surface area contributed by atoms with Gasteiger partial charge in [-0.05, 0) is 25.7 Å². The molecule has 0 saturated carbocycles. The number of hydrogen-bond acceptors (Lipinski definition) is 3. The molecule has 0 aromatic heterocycles. The maximum absolute atomic E-state index is 11.6. The zero-order valence-corrected chi connectivity index (χ0v) is 13.7. The monoisotopic (exact) mass is 286 g/mol. The van der Waals surface area contributed by atoms with Gasteiger partial charge in [-0.15, -0.1) is 0 Å². The third kappa shape index (κ3) is 8.91. The second-order valence-corrected chi connectivity index (χ2v) is 7.14. The maximum Gasteiger partial charge on any atom is 0.239 e. The maximum atomic E-state index is 11.6. The highest BCUT2D eigenvalue weighted by molar-refractivity contribution is 5.87. The lowest BCUT2D eigenvalue weighted by atomic mass is 9.95. The molecular weight excluding hydrogens is 256 g/mol. The van der Waals surface area contributed by atoms with E-state index in [0.29, 0.717) is 12.3 Å². The van der Waals surface area contributed by atoms with E-state index in [1.54, 1.807) is 27.7 Å². The largest absolute Gasteiger partial charge is 0.388 e. The van der Waals surface area contributed by atoms with Crippen LogP contribution in [0.25, 0.3) is 0 Å². The van der Waals surface area contributed by atoms with Gasteiger partial charge in [0.2, 0.25) is 11.8 Å². The topological polar surface area (TPSA) is 78.4 Å². The van der Waals surface area contributed by atoms with E-state index >= 15 is 0 Å². The fraction of sp³-hybridized carbons (Fsp3) is 0.867. The number of rotatable bonds is 7. The van der Waals surface area contributed by atoms with E-state index in [-0.39, 0.29) is 24.9 Å². The smallest absolute Gasteiger partial charge is 0.239 e. The van der Waals surface area contributed by atoms with Gasteiger partial charge < -0.3 is 15.7 Å². The third-order valence-corrected chi connectivity index (χ3v) is 3.02. The highest BCUT2D eigenvalue weighted by Crippen LogP contribution is 2.15. The Hall–Kier alpha value is -1.10. The van der Waals surface area contributed by atoms with Gasteiger partial charge in [-0.1, -0.05) is 34.6 Å². The Morgan fingerprint density at radius 3 is 2.10 bits per heavy atom. The molecular formula is C15H30N2O3. The van der Waals surface area contributed by atoms with Crippen molar-refractivity contribution in [2.24, 2.45) is 11.3 Å². The zero-order chi connectivity index (χ0) is 16.0. The predicted octanol–water partition coefficient (Wildman–Crippen LogP) is 1.45. The van der Waals surface area contributed by atoms with E-state index in [0.717, 1.165) is 6.42 Å². The van der Waals surface area contributed by atoms with E-state index in [1.165, 1.54) is 0 Å². The van der Waals surface area contributed by atoms with Crippen molar-refractivity contribution in [3.63, 3.8) is 0 Å². The van der Waals surface area contributed by atoms with Gasteiger partial charge in [0.25, 0.3) is 0 Å². The molecule has 0 aliphatic rings. The molecule has 5 nitrogen and oxygen atoms in total. The molecule has 0 fully saturated rings. The van der Waals surface area contributed by atoms with Crippen molar-refractivity contribution in [2.45, 2.75) is 60.0 Å². The molecule has 5 heteroatoms. The number of aliphatic hydroxyl groups is 1. The molecule has 0 saturated heterocycles. The molecule has 0 bridgehead atoms. The van der Waals surface area contributed by atoms with E-state index < -0.39 is 11.0 Å². The van der Waals surface area contributed by atoms with Crippen LogP contribution in [-0.2, 0) is 9.59 Å². The SMILES string of the molecule is CC(C)CCC(C)(O)CNC(=O)CNC(=O)C(C)(C)C. The lowest BCUT2D eigenvalue weighted by molar-refractivity contribution is -0.131. The van der Waals surface area contributed by atoms with E-state index in [4.69, 9.17) is 0 Å². The van der Waals surface area contributed by atoms with Crippen LogP contribution in [-0.4, -0.2) is 35.6 Å². The van der Waals surface area contributed by atoms with Crippen LogP contribution in [0.5, 0.6) is 0 Å². The number of hydrogen-bond donors (Lipinski definition) is 3. The van der Waals surface area contributed by atoms with Gasteiger partial charge in [-0.3, -0.25) is 9.59 Å². The van der Waals surface area contributed by atoms with Gasteiger partial charge in [-0.25, -0.2) is 0 Å². The summed E-state index contributed by atoms with van der Waals surface area (Å²) in [6.45, 7) is 11.4. The van der Waals surface area contributed by atoms with Gasteiger partial charge in [0.1, 0.15) is 0 Å². The number of nitrogens with one attached hydrogen (secondary N) is 2. The van der Waals surface area contributed by atoms with Crippen LogP contribution in [0, 0.1) is 11.3 Å². The van der Waals surface area contributed by atoms with E-state index in [1.807, 2.05) is 0 Å². The van der Waals surface area contributed by atoms with Crippen LogP contribution in [0.3, 0.4) is 0 Å². The molecule has 1 atom stereocenters. The summed E-state index contributed by atoms with van der Waals surface area (Å²) in [5.74, 6) is 0.0647. The van der Waals surface area contributed by atoms with Crippen molar-refractivity contribution < 1.29 is 14.7 Å². The summed E-state index contributed by atoms with van der Waals surface area (Å²) in [5, 5.41) is 15.3. The molecule has 0 aromatic rings. The Labute approximate surface area is 122 Å². The van der Waals surface area contributed by atoms with Crippen molar-refractivity contribution in [1.29, 1.82) is 0 Å². The van der Waals surface area contributed by atoms with Crippen molar-refractivity contribution in [3.05, 3.63) is 0 Å². The first-order chi connectivity index (χ1) is 8.94. The molecule has 0 aliphatic heterocycles. The highest BCUT2D eigenvalue weighted by atomic mass is 16.3. The second-order valence-electron chi connectivity index (χ2n) is 7.14. The molecule has 20 heavy (non-hydrogen) atoms. The fourth-order valence-corrected chi connectivity index (χ4v) is 1.47. The summed E-state index contributed by atoms with van der Waals surface area (Å²) in [4.78, 5) is 23.2. The summed E-state index contributed by atoms with van der Waals surface area (Å²) in [7, 11) is 0. The van der Waals surface area contributed by atoms with Crippen molar-refractivity contribution in [1.82, 2.24) is 10.6 Å². The highest BCUT2D eigenvalue weighted by Gasteiger charge is 2.23. The van der Waals surface area contributed by atoms with Crippen LogP contribution in [0.15, 0.2) is 0 Å². The quantitative estimate of drug-likeness (QED) is 0.663. The molecule has 118 valence electrons. The summed E-state index contributed by atoms with van der Waals surface area (Å²) in [5.41, 5.74) is -1.42. The first-order valence-electron chi connectivity index (χ1n) is 7.21. The van der Waals surface area contributed by atoms with Crippen molar-refractivity contribution >= 4 is 11.8 Å². The molecule has 1 unspecified atom stereocenters. The zero-order valence-electron chi connectivity index (χ0n) is 13.7. The number of carbonyl (C=O) groups excluding carboxylic acids is 2. The number of amides is 2. The van der Waals surface area contributed by atoms with Gasteiger partial charge in [0, 0.05) is 12.0 Å². The van der Waals surface area contributed by atoms with Crippen LogP contribution in [0.1, 0.15) is 54.4 Å². The minimum Gasteiger partial charge on any atom is -0.388 e. The Balaban J connectivity index is 4.02. The second kappa shape index (κ2) is 7.62. The first-order valence-corrected chi connectivity index (χ1v) is 7.21. The normalized spacial score (nSPS) is 14.8. The molecule has 3 N–H and O–H groups in total. The minimum absolute atomic E-state index is 0.0592. The lowest BCUT2D eigenvalue weighted by Gasteiger charge is -2.25. The summed E-state index contributed by atoms with van der Waals surface area (Å²) < 4.78 is 0. The van der Waals surface area contributed by atoms with Crippen molar-refractivity contribution in [2.75, 3.05) is 13.1 Å². The van der Waals surface area contributed by atoms with Gasteiger partial charge in [0.15, 0.2) is 0 Å². The standard InChI is InChI=1S/C15H30N2O3/c1-11(2)7-8-15(6,20)10-17-12(18)9-16-13(19)14(3,4)5/h11,20H,7-10H2,1-6H3,(H,16,19)(H,17,18). The molecule has 0 aliphatic carbocycles. The molecule has 0 spiro atoms. The van der Waals surface area contributed by atoms with Gasteiger partial charge >= 0.3 is 0 Å².